The summed E-state index contributed by atoms with van der Waals surface area (Å²) in [5, 5.41) is 20.3. The molecule has 0 aromatic rings. The molecule has 0 heterocycles. The van der Waals surface area contributed by atoms with Crippen LogP contribution in [0.5, 0.6) is 0 Å². The summed E-state index contributed by atoms with van der Waals surface area (Å²) in [4.78, 5) is 35.8. The van der Waals surface area contributed by atoms with E-state index in [-0.39, 0.29) is 49.6 Å². The second kappa shape index (κ2) is 7.67. The molecule has 2 bridgehead atoms. The van der Waals surface area contributed by atoms with Gasteiger partial charge in [0, 0.05) is 38.2 Å². The maximum atomic E-state index is 12.9. The van der Waals surface area contributed by atoms with Gasteiger partial charge in [-0.2, -0.15) is 10.5 Å². The predicted octanol–water partition coefficient (Wildman–Crippen LogP) is 2.86. The number of hydrogen-bond donors (Lipinski definition) is 0. The van der Waals surface area contributed by atoms with Crippen molar-refractivity contribution in [2.75, 3.05) is 13.2 Å². The lowest BCUT2D eigenvalue weighted by Crippen LogP contribution is -2.32. The highest BCUT2D eigenvalue weighted by atomic mass is 16.5. The minimum absolute atomic E-state index is 0.00770. The van der Waals surface area contributed by atoms with Crippen LogP contribution in [0.15, 0.2) is 46.1 Å². The van der Waals surface area contributed by atoms with E-state index in [1.807, 2.05) is 6.08 Å². The van der Waals surface area contributed by atoms with Gasteiger partial charge in [0.25, 0.3) is 0 Å². The lowest BCUT2D eigenvalue weighted by Gasteiger charge is -2.36. The van der Waals surface area contributed by atoms with E-state index in [1.54, 1.807) is 0 Å². The molecule has 0 saturated heterocycles. The van der Waals surface area contributed by atoms with E-state index in [0.29, 0.717) is 11.1 Å². The minimum atomic E-state index is -1.45. The number of nitriles is 2. The smallest absolute Gasteiger partial charge is 0.302 e. The van der Waals surface area contributed by atoms with E-state index >= 15 is 0 Å². The molecule has 0 aliphatic heterocycles. The summed E-state index contributed by atoms with van der Waals surface area (Å²) >= 11 is 0. The molecule has 0 aromatic heterocycles. The van der Waals surface area contributed by atoms with Crippen LogP contribution in [0.1, 0.15) is 33.1 Å². The van der Waals surface area contributed by atoms with Crippen molar-refractivity contribution < 1.29 is 23.9 Å². The maximum Gasteiger partial charge on any atom is 0.302 e. The van der Waals surface area contributed by atoms with E-state index in [1.165, 1.54) is 13.8 Å². The number of nitrogens with zero attached hydrogens (tertiary/aromatic N) is 2. The molecule has 7 nitrogen and oxygen atoms in total. The zero-order chi connectivity index (χ0) is 22.3. The van der Waals surface area contributed by atoms with E-state index in [2.05, 4.69) is 24.3 Å². The van der Waals surface area contributed by atoms with Gasteiger partial charge in [-0.3, -0.25) is 14.4 Å². The summed E-state index contributed by atoms with van der Waals surface area (Å²) in [6.45, 7) is 2.38. The molecule has 0 saturated carbocycles. The molecule has 0 radical (unpaired) electrons. The molecule has 1 unspecified atom stereocenters. The molecule has 0 N–H and O–H groups in total. The van der Waals surface area contributed by atoms with Crippen LogP contribution in [-0.2, 0) is 23.9 Å². The van der Waals surface area contributed by atoms with Crippen molar-refractivity contribution in [1.82, 2.24) is 0 Å². The second-order valence-electron chi connectivity index (χ2n) is 8.48. The van der Waals surface area contributed by atoms with Gasteiger partial charge in [-0.15, -0.1) is 0 Å². The van der Waals surface area contributed by atoms with Gasteiger partial charge in [-0.1, -0.05) is 18.2 Å². The summed E-state index contributed by atoms with van der Waals surface area (Å²) in [6.07, 6.45) is 7.16. The Morgan fingerprint density at radius 3 is 2.42 bits per heavy atom. The third-order valence-corrected chi connectivity index (χ3v) is 6.64. The topological polar surface area (TPSA) is 117 Å². The normalized spacial score (nSPS) is 27.5. The van der Waals surface area contributed by atoms with Gasteiger partial charge >= 0.3 is 11.9 Å². The van der Waals surface area contributed by atoms with Crippen LogP contribution in [0, 0.1) is 45.8 Å². The molecule has 0 fully saturated rings. The van der Waals surface area contributed by atoms with Gasteiger partial charge < -0.3 is 9.47 Å². The summed E-state index contributed by atoms with van der Waals surface area (Å²) in [7, 11) is 0. The number of fused-ring (bicyclic) bond motifs is 5. The fraction of sp³-hybridized carbons (Fsp3) is 0.458. The van der Waals surface area contributed by atoms with Gasteiger partial charge in [0.1, 0.15) is 13.2 Å². The van der Waals surface area contributed by atoms with E-state index < -0.39 is 17.4 Å². The molecule has 158 valence electrons. The Labute approximate surface area is 180 Å². The van der Waals surface area contributed by atoms with E-state index in [0.717, 1.165) is 23.1 Å². The monoisotopic (exact) mass is 418 g/mol. The van der Waals surface area contributed by atoms with Gasteiger partial charge in [0.05, 0.1) is 12.1 Å². The molecule has 0 amide bonds. The summed E-state index contributed by atoms with van der Waals surface area (Å²) < 4.78 is 10.5. The van der Waals surface area contributed by atoms with Crippen LogP contribution in [0.25, 0.3) is 0 Å². The van der Waals surface area contributed by atoms with Crippen molar-refractivity contribution in [2.24, 2.45) is 23.2 Å². The van der Waals surface area contributed by atoms with Crippen molar-refractivity contribution in [1.29, 1.82) is 10.5 Å². The van der Waals surface area contributed by atoms with Gasteiger partial charge in [-0.25, -0.2) is 0 Å². The van der Waals surface area contributed by atoms with Crippen molar-refractivity contribution in [3.63, 3.8) is 0 Å². The van der Waals surface area contributed by atoms with Crippen LogP contribution in [0.2, 0.25) is 0 Å². The second-order valence-corrected chi connectivity index (χ2v) is 8.48. The van der Waals surface area contributed by atoms with Crippen LogP contribution in [0.4, 0.5) is 0 Å². The molecule has 31 heavy (non-hydrogen) atoms. The van der Waals surface area contributed by atoms with Crippen LogP contribution >= 0.6 is 0 Å². The zero-order valence-electron chi connectivity index (χ0n) is 17.4. The van der Waals surface area contributed by atoms with Crippen LogP contribution in [0.3, 0.4) is 0 Å². The largest absolute Gasteiger partial charge is 0.461 e. The first kappa shape index (κ1) is 20.8. The number of ketones is 1. The van der Waals surface area contributed by atoms with Crippen molar-refractivity contribution in [2.45, 2.75) is 33.1 Å². The Hall–Kier alpha value is -3.45. The molecular formula is C24H22N2O5. The average Bonchev–Trinajstić information content (AvgIpc) is 3.22. The van der Waals surface area contributed by atoms with Gasteiger partial charge in [0.15, 0.2) is 11.2 Å². The number of carbonyl (C=O) groups is 3. The Balaban J connectivity index is 1.94. The first-order valence-corrected chi connectivity index (χ1v) is 10.3. The van der Waals surface area contributed by atoms with E-state index in [9.17, 15) is 24.9 Å². The number of carbonyl (C=O) groups excluding carboxylic acids is 3. The summed E-state index contributed by atoms with van der Waals surface area (Å²) in [6, 6.07) is 4.46. The van der Waals surface area contributed by atoms with Crippen molar-refractivity contribution in [3.8, 4) is 12.1 Å². The lowest BCUT2D eigenvalue weighted by molar-refractivity contribution is -0.141. The number of rotatable bonds is 4. The first-order chi connectivity index (χ1) is 14.8. The summed E-state index contributed by atoms with van der Waals surface area (Å²) in [5.41, 5.74) is 1.66. The van der Waals surface area contributed by atoms with Crippen LogP contribution in [-0.4, -0.2) is 30.9 Å². The number of allylic oxidation sites excluding steroid dienone is 6. The van der Waals surface area contributed by atoms with Crippen molar-refractivity contribution >= 4 is 17.7 Å². The third kappa shape index (κ3) is 3.41. The fourth-order valence-corrected chi connectivity index (χ4v) is 5.28. The quantitative estimate of drug-likeness (QED) is 0.509. The highest BCUT2D eigenvalue weighted by Crippen LogP contribution is 2.56. The Kier molecular flexibility index (Phi) is 5.15. The highest BCUT2D eigenvalue weighted by molar-refractivity contribution is 6.03. The molecule has 0 spiro atoms. The zero-order valence-corrected chi connectivity index (χ0v) is 17.4. The molecular weight excluding hydrogens is 396 g/mol. The molecule has 3 atom stereocenters. The molecule has 7 heteroatoms. The Morgan fingerprint density at radius 2 is 1.77 bits per heavy atom. The summed E-state index contributed by atoms with van der Waals surface area (Å²) in [5.74, 6) is -1.22. The number of esters is 2. The third-order valence-electron chi connectivity index (χ3n) is 6.64. The minimum Gasteiger partial charge on any atom is -0.461 e. The molecule has 4 aliphatic rings. The van der Waals surface area contributed by atoms with E-state index in [4.69, 9.17) is 9.47 Å². The first-order valence-electron chi connectivity index (χ1n) is 10.3. The van der Waals surface area contributed by atoms with Crippen LogP contribution < -0.4 is 0 Å². The maximum absolute atomic E-state index is 12.9. The van der Waals surface area contributed by atoms with Gasteiger partial charge in [0.2, 0.25) is 0 Å². The SMILES string of the molecule is CC(=O)OCC1=C2CC(C#N)(C#N)C3=CC4C=C[C@H](C4)[C@@H]3C(COC(C)=O)=C2CC1=O. The molecule has 0 aromatic carbocycles. The standard InChI is InChI=1S/C24H22N2O5/c1-13(27)30-9-19-18-8-24(11-25,12-26)21-6-15-3-4-16(5-15)23(21)20(10-31-14(2)28)17(18)7-22(19)29/h3-4,6,15-16,23H,5,7-10H2,1-2H3/t15?,16-,23-/m1/s1. The molecule has 4 rings (SSSR count). The Bertz CT molecular complexity index is 1080. The highest BCUT2D eigenvalue weighted by Gasteiger charge is 2.51. The van der Waals surface area contributed by atoms with Gasteiger partial charge in [-0.05, 0) is 40.5 Å². The predicted molar refractivity (Wildman–Crippen MR) is 108 cm³/mol. The number of Topliss-reactive ketones (excluding diaryl/α,β-unsaturated/α-hetero) is 1. The van der Waals surface area contributed by atoms with Crippen molar-refractivity contribution in [3.05, 3.63) is 46.1 Å². The number of hydrogen-bond acceptors (Lipinski definition) is 7. The number of ether oxygens (including phenoxy) is 2. The lowest BCUT2D eigenvalue weighted by atomic mass is 9.65. The molecule has 4 aliphatic carbocycles. The Morgan fingerprint density at radius 1 is 1.10 bits per heavy atom. The average molecular weight is 418 g/mol. The fourth-order valence-electron chi connectivity index (χ4n) is 5.28.